The fraction of sp³-hybridized carbons (Fsp3) is 0.625. The molecule has 2 atom stereocenters. The number of likely N-dealkylation sites (N-methyl/N-ethyl adjacent to an activating group) is 1. The Hall–Kier alpha value is -1.02. The van der Waals surface area contributed by atoms with E-state index in [0.29, 0.717) is 12.0 Å². The first-order valence-electron chi connectivity index (χ1n) is 7.08. The van der Waals surface area contributed by atoms with Crippen LogP contribution in [-0.2, 0) is 6.42 Å². The maximum Gasteiger partial charge on any atom is 0.122 e. The molecule has 0 spiro atoms. The summed E-state index contributed by atoms with van der Waals surface area (Å²) < 4.78 is 5.44. The van der Waals surface area contributed by atoms with Crippen LogP contribution in [0.3, 0.4) is 0 Å². The molecule has 2 nitrogen and oxygen atoms in total. The predicted octanol–water partition coefficient (Wildman–Crippen LogP) is 3.65. The SMILES string of the molecule is CCCC(C)C(Cc1ccccc1OC)NCC. The van der Waals surface area contributed by atoms with Gasteiger partial charge in [-0.15, -0.1) is 0 Å². The maximum absolute atomic E-state index is 5.44. The topological polar surface area (TPSA) is 21.3 Å². The summed E-state index contributed by atoms with van der Waals surface area (Å²) in [5.74, 6) is 1.70. The number of nitrogens with one attached hydrogen (secondary N) is 1. The molecule has 1 aromatic rings. The van der Waals surface area contributed by atoms with Gasteiger partial charge in [0.15, 0.2) is 0 Å². The lowest BCUT2D eigenvalue weighted by Crippen LogP contribution is -2.36. The van der Waals surface area contributed by atoms with E-state index in [2.05, 4.69) is 38.2 Å². The average Bonchev–Trinajstić information content (AvgIpc) is 2.39. The summed E-state index contributed by atoms with van der Waals surface area (Å²) >= 11 is 0. The molecule has 0 saturated carbocycles. The molecule has 0 heterocycles. The molecule has 18 heavy (non-hydrogen) atoms. The van der Waals surface area contributed by atoms with Gasteiger partial charge in [0.25, 0.3) is 0 Å². The van der Waals surface area contributed by atoms with E-state index in [4.69, 9.17) is 4.74 Å². The van der Waals surface area contributed by atoms with Crippen molar-refractivity contribution in [1.82, 2.24) is 5.32 Å². The van der Waals surface area contributed by atoms with Crippen LogP contribution in [0.5, 0.6) is 5.75 Å². The molecule has 0 aromatic heterocycles. The molecule has 0 radical (unpaired) electrons. The van der Waals surface area contributed by atoms with E-state index in [-0.39, 0.29) is 0 Å². The molecule has 0 saturated heterocycles. The van der Waals surface area contributed by atoms with Crippen molar-refractivity contribution in [3.63, 3.8) is 0 Å². The van der Waals surface area contributed by atoms with Gasteiger partial charge < -0.3 is 10.1 Å². The molecule has 1 N–H and O–H groups in total. The Bertz CT molecular complexity index is 338. The Morgan fingerprint density at radius 3 is 2.56 bits per heavy atom. The summed E-state index contributed by atoms with van der Waals surface area (Å²) in [6.45, 7) is 7.79. The monoisotopic (exact) mass is 249 g/mol. The normalized spacial score (nSPS) is 14.2. The van der Waals surface area contributed by atoms with E-state index in [1.165, 1.54) is 18.4 Å². The fourth-order valence-corrected chi connectivity index (χ4v) is 2.50. The first-order chi connectivity index (χ1) is 8.72. The summed E-state index contributed by atoms with van der Waals surface area (Å²) in [6.07, 6.45) is 3.56. The molecule has 0 aliphatic rings. The van der Waals surface area contributed by atoms with Crippen molar-refractivity contribution >= 4 is 0 Å². The van der Waals surface area contributed by atoms with Gasteiger partial charge in [0.1, 0.15) is 5.75 Å². The van der Waals surface area contributed by atoms with Gasteiger partial charge in [-0.05, 0) is 36.9 Å². The summed E-state index contributed by atoms with van der Waals surface area (Å²) in [5, 5.41) is 3.61. The number of ether oxygens (including phenoxy) is 1. The van der Waals surface area contributed by atoms with Gasteiger partial charge in [0, 0.05) is 6.04 Å². The number of rotatable bonds is 8. The minimum Gasteiger partial charge on any atom is -0.496 e. The Labute approximate surface area is 112 Å². The highest BCUT2D eigenvalue weighted by molar-refractivity contribution is 5.33. The van der Waals surface area contributed by atoms with Crippen LogP contribution in [0.2, 0.25) is 0 Å². The standard InChI is InChI=1S/C16H27NO/c1-5-9-13(3)15(17-6-2)12-14-10-7-8-11-16(14)18-4/h7-8,10-11,13,15,17H,5-6,9,12H2,1-4H3. The highest BCUT2D eigenvalue weighted by atomic mass is 16.5. The van der Waals surface area contributed by atoms with Gasteiger partial charge in [-0.1, -0.05) is 45.4 Å². The second-order valence-electron chi connectivity index (χ2n) is 4.95. The van der Waals surface area contributed by atoms with Crippen molar-refractivity contribution in [2.24, 2.45) is 5.92 Å². The van der Waals surface area contributed by atoms with Crippen molar-refractivity contribution in [2.45, 2.75) is 46.1 Å². The molecule has 2 unspecified atom stereocenters. The molecule has 0 fully saturated rings. The summed E-state index contributed by atoms with van der Waals surface area (Å²) in [7, 11) is 1.75. The Morgan fingerprint density at radius 2 is 1.94 bits per heavy atom. The van der Waals surface area contributed by atoms with Crippen LogP contribution in [-0.4, -0.2) is 19.7 Å². The van der Waals surface area contributed by atoms with Crippen molar-refractivity contribution in [1.29, 1.82) is 0 Å². The lowest BCUT2D eigenvalue weighted by molar-refractivity contribution is 0.350. The van der Waals surface area contributed by atoms with Crippen molar-refractivity contribution < 1.29 is 4.74 Å². The molecule has 0 amide bonds. The van der Waals surface area contributed by atoms with Gasteiger partial charge in [-0.3, -0.25) is 0 Å². The molecular formula is C16H27NO. The summed E-state index contributed by atoms with van der Waals surface area (Å²) in [6, 6.07) is 8.86. The van der Waals surface area contributed by atoms with Gasteiger partial charge >= 0.3 is 0 Å². The largest absolute Gasteiger partial charge is 0.496 e. The van der Waals surface area contributed by atoms with Crippen molar-refractivity contribution in [2.75, 3.05) is 13.7 Å². The molecule has 0 aliphatic carbocycles. The van der Waals surface area contributed by atoms with Crippen LogP contribution in [0.25, 0.3) is 0 Å². The van der Waals surface area contributed by atoms with Crippen molar-refractivity contribution in [3.8, 4) is 5.75 Å². The van der Waals surface area contributed by atoms with E-state index >= 15 is 0 Å². The predicted molar refractivity (Wildman–Crippen MR) is 78.2 cm³/mol. The zero-order valence-electron chi connectivity index (χ0n) is 12.2. The van der Waals surface area contributed by atoms with Crippen molar-refractivity contribution in [3.05, 3.63) is 29.8 Å². The van der Waals surface area contributed by atoms with Crippen LogP contribution in [0.4, 0.5) is 0 Å². The number of benzene rings is 1. The van der Waals surface area contributed by atoms with E-state index in [1.54, 1.807) is 7.11 Å². The number of para-hydroxylation sites is 1. The zero-order valence-corrected chi connectivity index (χ0v) is 12.2. The number of methoxy groups -OCH3 is 1. The zero-order chi connectivity index (χ0) is 13.4. The van der Waals surface area contributed by atoms with Crippen LogP contribution < -0.4 is 10.1 Å². The molecule has 0 bridgehead atoms. The quantitative estimate of drug-likeness (QED) is 0.759. The summed E-state index contributed by atoms with van der Waals surface area (Å²) in [5.41, 5.74) is 1.30. The van der Waals surface area contributed by atoms with E-state index in [1.807, 2.05) is 12.1 Å². The van der Waals surface area contributed by atoms with Crippen LogP contribution in [0.1, 0.15) is 39.2 Å². The lowest BCUT2D eigenvalue weighted by atomic mass is 9.91. The Morgan fingerprint density at radius 1 is 1.22 bits per heavy atom. The third-order valence-corrected chi connectivity index (χ3v) is 3.53. The van der Waals surface area contributed by atoms with Crippen LogP contribution in [0.15, 0.2) is 24.3 Å². The van der Waals surface area contributed by atoms with E-state index in [9.17, 15) is 0 Å². The first kappa shape index (κ1) is 15.0. The highest BCUT2D eigenvalue weighted by Gasteiger charge is 2.17. The van der Waals surface area contributed by atoms with Crippen LogP contribution >= 0.6 is 0 Å². The smallest absolute Gasteiger partial charge is 0.122 e. The minimum atomic E-state index is 0.534. The van der Waals surface area contributed by atoms with Gasteiger partial charge in [0.2, 0.25) is 0 Å². The molecule has 0 aliphatic heterocycles. The Kier molecular flexibility index (Phi) is 6.81. The van der Waals surface area contributed by atoms with Gasteiger partial charge in [0.05, 0.1) is 7.11 Å². The average molecular weight is 249 g/mol. The first-order valence-corrected chi connectivity index (χ1v) is 7.08. The third-order valence-electron chi connectivity index (χ3n) is 3.53. The highest BCUT2D eigenvalue weighted by Crippen LogP contribution is 2.22. The Balaban J connectivity index is 2.75. The fourth-order valence-electron chi connectivity index (χ4n) is 2.50. The van der Waals surface area contributed by atoms with Crippen LogP contribution in [0, 0.1) is 5.92 Å². The van der Waals surface area contributed by atoms with Gasteiger partial charge in [-0.2, -0.15) is 0 Å². The van der Waals surface area contributed by atoms with E-state index < -0.39 is 0 Å². The molecule has 1 aromatic carbocycles. The third kappa shape index (κ3) is 4.34. The van der Waals surface area contributed by atoms with Gasteiger partial charge in [-0.25, -0.2) is 0 Å². The minimum absolute atomic E-state index is 0.534. The summed E-state index contributed by atoms with van der Waals surface area (Å²) in [4.78, 5) is 0. The molecule has 2 heteroatoms. The van der Waals surface area contributed by atoms with E-state index in [0.717, 1.165) is 18.7 Å². The molecule has 102 valence electrons. The maximum atomic E-state index is 5.44. The second-order valence-corrected chi connectivity index (χ2v) is 4.95. The second kappa shape index (κ2) is 8.15. The lowest BCUT2D eigenvalue weighted by Gasteiger charge is -2.25. The number of hydrogen-bond donors (Lipinski definition) is 1. The molecular weight excluding hydrogens is 222 g/mol. The number of hydrogen-bond acceptors (Lipinski definition) is 2. The molecule has 1 rings (SSSR count).